The lowest BCUT2D eigenvalue weighted by atomic mass is 10.1. The smallest absolute Gasteiger partial charge is 0.194 e. The number of hydrogen-bond donors (Lipinski definition) is 1. The minimum absolute atomic E-state index is 0. The van der Waals surface area contributed by atoms with Crippen molar-refractivity contribution in [3.05, 3.63) is 71.6 Å². The van der Waals surface area contributed by atoms with Crippen molar-refractivity contribution in [1.82, 2.24) is 19.8 Å². The fourth-order valence-corrected chi connectivity index (χ4v) is 4.53. The summed E-state index contributed by atoms with van der Waals surface area (Å²) in [7, 11) is 0. The van der Waals surface area contributed by atoms with Crippen molar-refractivity contribution in [2.45, 2.75) is 26.4 Å². The van der Waals surface area contributed by atoms with E-state index in [4.69, 9.17) is 4.99 Å². The molecular formula is C23H31IN6S. The van der Waals surface area contributed by atoms with Gasteiger partial charge in [-0.15, -0.1) is 35.3 Å². The van der Waals surface area contributed by atoms with E-state index in [2.05, 4.69) is 85.6 Å². The zero-order valence-corrected chi connectivity index (χ0v) is 21.1. The lowest BCUT2D eigenvalue weighted by Gasteiger charge is -2.37. The monoisotopic (exact) mass is 550 g/mol. The van der Waals surface area contributed by atoms with E-state index in [1.807, 2.05) is 17.5 Å². The molecule has 0 unspecified atom stereocenters. The van der Waals surface area contributed by atoms with Gasteiger partial charge in [-0.1, -0.05) is 30.3 Å². The van der Waals surface area contributed by atoms with Crippen molar-refractivity contribution < 1.29 is 0 Å². The Labute approximate surface area is 206 Å². The molecule has 0 aliphatic carbocycles. The van der Waals surface area contributed by atoms with Gasteiger partial charge < -0.3 is 19.7 Å². The Morgan fingerprint density at radius 3 is 2.61 bits per heavy atom. The predicted octanol–water partition coefficient (Wildman–Crippen LogP) is 4.09. The fraction of sp³-hybridized carbons (Fsp3) is 0.391. The van der Waals surface area contributed by atoms with Gasteiger partial charge in [-0.05, 0) is 36.4 Å². The number of nitrogens with zero attached hydrogens (tertiary/aromatic N) is 5. The van der Waals surface area contributed by atoms with E-state index in [0.717, 1.165) is 57.5 Å². The normalized spacial score (nSPS) is 14.4. The van der Waals surface area contributed by atoms with E-state index in [1.165, 1.54) is 10.6 Å². The second-order valence-corrected chi connectivity index (χ2v) is 8.29. The van der Waals surface area contributed by atoms with Crippen molar-refractivity contribution >= 4 is 46.3 Å². The van der Waals surface area contributed by atoms with Crippen LogP contribution in [0.15, 0.2) is 65.2 Å². The second kappa shape index (κ2) is 12.1. The Morgan fingerprint density at radius 1 is 1.10 bits per heavy atom. The van der Waals surface area contributed by atoms with E-state index in [1.54, 1.807) is 0 Å². The molecule has 6 nitrogen and oxygen atoms in total. The number of benzene rings is 1. The highest BCUT2D eigenvalue weighted by Crippen LogP contribution is 2.22. The van der Waals surface area contributed by atoms with Crippen LogP contribution in [0.1, 0.15) is 18.3 Å². The van der Waals surface area contributed by atoms with Gasteiger partial charge in [0.1, 0.15) is 12.4 Å². The first-order chi connectivity index (χ1) is 14.8. The molecule has 0 radical (unpaired) electrons. The van der Waals surface area contributed by atoms with Gasteiger partial charge in [-0.2, -0.15) is 0 Å². The molecule has 1 fully saturated rings. The highest BCUT2D eigenvalue weighted by Gasteiger charge is 2.20. The van der Waals surface area contributed by atoms with Gasteiger partial charge in [0.15, 0.2) is 5.96 Å². The number of halogens is 1. The third kappa shape index (κ3) is 6.46. The molecule has 3 heterocycles. The maximum absolute atomic E-state index is 4.92. The van der Waals surface area contributed by atoms with Crippen LogP contribution in [0, 0.1) is 0 Å². The average Bonchev–Trinajstić information content (AvgIpc) is 3.48. The molecule has 3 aromatic rings. The van der Waals surface area contributed by atoms with Crippen molar-refractivity contribution in [2.75, 3.05) is 37.6 Å². The van der Waals surface area contributed by atoms with E-state index in [-0.39, 0.29) is 24.0 Å². The number of aliphatic imine (C=N–C) groups is 1. The maximum Gasteiger partial charge on any atom is 0.194 e. The molecular weight excluding hydrogens is 519 g/mol. The number of aromatic nitrogens is 2. The van der Waals surface area contributed by atoms with Crippen LogP contribution in [-0.2, 0) is 19.5 Å². The zero-order valence-electron chi connectivity index (χ0n) is 18.0. The molecule has 0 bridgehead atoms. The highest BCUT2D eigenvalue weighted by molar-refractivity contribution is 14.0. The molecule has 1 aliphatic heterocycles. The lowest BCUT2D eigenvalue weighted by molar-refractivity contribution is 0.373. The summed E-state index contributed by atoms with van der Waals surface area (Å²) in [6.07, 6.45) is 4.93. The minimum atomic E-state index is 0. The molecule has 0 saturated carbocycles. The van der Waals surface area contributed by atoms with Crippen LogP contribution in [0.3, 0.4) is 0 Å². The zero-order chi connectivity index (χ0) is 20.6. The van der Waals surface area contributed by atoms with Crippen molar-refractivity contribution in [2.24, 2.45) is 4.99 Å². The third-order valence-corrected chi connectivity index (χ3v) is 6.32. The molecule has 1 aliphatic rings. The molecule has 1 saturated heterocycles. The molecule has 4 rings (SSSR count). The van der Waals surface area contributed by atoms with Crippen molar-refractivity contribution in [1.29, 1.82) is 0 Å². The summed E-state index contributed by atoms with van der Waals surface area (Å²) < 4.78 is 2.22. The van der Waals surface area contributed by atoms with Gasteiger partial charge in [-0.3, -0.25) is 0 Å². The quantitative estimate of drug-likeness (QED) is 0.274. The fourth-order valence-electron chi connectivity index (χ4n) is 3.75. The molecule has 2 aromatic heterocycles. The molecule has 8 heteroatoms. The minimum Gasteiger partial charge on any atom is -0.360 e. The number of nitrogens with one attached hydrogen (secondary N) is 1. The number of piperazine rings is 1. The van der Waals surface area contributed by atoms with Crippen LogP contribution in [0.5, 0.6) is 0 Å². The highest BCUT2D eigenvalue weighted by atomic mass is 127. The Morgan fingerprint density at radius 2 is 1.90 bits per heavy atom. The molecule has 0 amide bonds. The van der Waals surface area contributed by atoms with E-state index < -0.39 is 0 Å². The van der Waals surface area contributed by atoms with E-state index >= 15 is 0 Å². The standard InChI is InChI=1S/C23H30N6S.HI/c1-2-24-23(29-16-14-28(15-17-29)22-9-6-18-30-22)26-19-21-25-11-13-27(21)12-10-20-7-4-3-5-8-20;/h3-9,11,13,18H,2,10,12,14-17,19H2,1H3,(H,24,26);1H. The van der Waals surface area contributed by atoms with Gasteiger partial charge in [0.2, 0.25) is 0 Å². The van der Waals surface area contributed by atoms with Crippen LogP contribution in [-0.4, -0.2) is 53.1 Å². The van der Waals surface area contributed by atoms with Gasteiger partial charge in [0.05, 0.1) is 5.00 Å². The largest absolute Gasteiger partial charge is 0.360 e. The summed E-state index contributed by atoms with van der Waals surface area (Å²) in [6, 6.07) is 14.9. The number of thiophene rings is 1. The first-order valence-electron chi connectivity index (χ1n) is 10.7. The van der Waals surface area contributed by atoms with Crippen LogP contribution in [0.4, 0.5) is 5.00 Å². The molecule has 31 heavy (non-hydrogen) atoms. The summed E-state index contributed by atoms with van der Waals surface area (Å²) in [6.45, 7) is 8.51. The van der Waals surface area contributed by atoms with Gasteiger partial charge in [0, 0.05) is 51.7 Å². The van der Waals surface area contributed by atoms with Crippen molar-refractivity contribution in [3.63, 3.8) is 0 Å². The topological polar surface area (TPSA) is 48.7 Å². The second-order valence-electron chi connectivity index (χ2n) is 7.37. The van der Waals surface area contributed by atoms with Crippen LogP contribution < -0.4 is 10.2 Å². The van der Waals surface area contributed by atoms with E-state index in [0.29, 0.717) is 6.54 Å². The Hall–Kier alpha value is -2.07. The van der Waals surface area contributed by atoms with E-state index in [9.17, 15) is 0 Å². The summed E-state index contributed by atoms with van der Waals surface area (Å²) in [5.74, 6) is 2.00. The maximum atomic E-state index is 4.92. The Bertz CT molecular complexity index is 917. The van der Waals surface area contributed by atoms with Crippen LogP contribution in [0.2, 0.25) is 0 Å². The number of aryl methyl sites for hydroxylation is 2. The molecule has 1 aromatic carbocycles. The molecule has 0 atom stereocenters. The number of imidazole rings is 1. The number of guanidine groups is 1. The number of anilines is 1. The summed E-state index contributed by atoms with van der Waals surface area (Å²) >= 11 is 1.81. The molecule has 166 valence electrons. The summed E-state index contributed by atoms with van der Waals surface area (Å²) in [5.41, 5.74) is 1.35. The van der Waals surface area contributed by atoms with Gasteiger partial charge in [0.25, 0.3) is 0 Å². The lowest BCUT2D eigenvalue weighted by Crippen LogP contribution is -2.52. The molecule has 1 N–H and O–H groups in total. The van der Waals surface area contributed by atoms with Gasteiger partial charge in [-0.25, -0.2) is 9.98 Å². The first-order valence-corrected chi connectivity index (χ1v) is 11.6. The summed E-state index contributed by atoms with van der Waals surface area (Å²) in [5, 5.41) is 6.97. The Balaban J connectivity index is 0.00000272. The SMILES string of the molecule is CCNC(=NCc1nccn1CCc1ccccc1)N1CCN(c2cccs2)CC1.I. The number of rotatable bonds is 7. The molecule has 0 spiro atoms. The average molecular weight is 551 g/mol. The first kappa shape index (κ1) is 23.6. The third-order valence-electron chi connectivity index (χ3n) is 5.39. The van der Waals surface area contributed by atoms with Gasteiger partial charge >= 0.3 is 0 Å². The predicted molar refractivity (Wildman–Crippen MR) is 141 cm³/mol. The summed E-state index contributed by atoms with van der Waals surface area (Å²) in [4.78, 5) is 14.3. The van der Waals surface area contributed by atoms with Crippen LogP contribution >= 0.6 is 35.3 Å². The Kier molecular flexibility index (Phi) is 9.20. The number of hydrogen-bond acceptors (Lipinski definition) is 4. The van der Waals surface area contributed by atoms with Crippen LogP contribution in [0.25, 0.3) is 0 Å². The van der Waals surface area contributed by atoms with Crippen molar-refractivity contribution in [3.8, 4) is 0 Å².